The molecule has 1 spiro atoms. The van der Waals surface area contributed by atoms with Crippen molar-refractivity contribution in [2.24, 2.45) is 5.41 Å². The molecule has 2 atom stereocenters. The minimum atomic E-state index is -0.455. The van der Waals surface area contributed by atoms with Crippen molar-refractivity contribution in [3.8, 4) is 6.07 Å². The van der Waals surface area contributed by atoms with E-state index in [2.05, 4.69) is 22.5 Å². The summed E-state index contributed by atoms with van der Waals surface area (Å²) in [5.74, 6) is 0. The van der Waals surface area contributed by atoms with Crippen LogP contribution in [-0.4, -0.2) is 27.8 Å². The zero-order chi connectivity index (χ0) is 21.6. The average molecular weight is 415 g/mol. The first-order valence-corrected chi connectivity index (χ1v) is 10.8. The summed E-state index contributed by atoms with van der Waals surface area (Å²) in [4.78, 5) is 19.0. The number of hydrogen-bond donors (Lipinski definition) is 0. The van der Waals surface area contributed by atoms with Gasteiger partial charge in [0.25, 0.3) is 0 Å². The van der Waals surface area contributed by atoms with Gasteiger partial charge in [0.2, 0.25) is 0 Å². The molecule has 5 rings (SSSR count). The molecule has 1 saturated carbocycles. The van der Waals surface area contributed by atoms with Gasteiger partial charge in [0.1, 0.15) is 5.60 Å². The second kappa shape index (κ2) is 7.12. The van der Waals surface area contributed by atoms with Crippen LogP contribution in [0.2, 0.25) is 0 Å². The molecular formula is C25H26N4O2. The number of amides is 1. The normalized spacial score (nSPS) is 25.7. The van der Waals surface area contributed by atoms with Gasteiger partial charge in [0.15, 0.2) is 0 Å². The highest BCUT2D eigenvalue weighted by Gasteiger charge is 2.51. The Morgan fingerprint density at radius 3 is 2.77 bits per heavy atom. The van der Waals surface area contributed by atoms with Crippen LogP contribution in [0, 0.1) is 23.7 Å². The molecule has 158 valence electrons. The summed E-state index contributed by atoms with van der Waals surface area (Å²) in [5.41, 5.74) is 4.09. The smallest absolute Gasteiger partial charge is 0.415 e. The molecular weight excluding hydrogens is 388 g/mol. The van der Waals surface area contributed by atoms with E-state index in [4.69, 9.17) is 4.74 Å². The third-order valence-corrected chi connectivity index (χ3v) is 6.78. The van der Waals surface area contributed by atoms with Gasteiger partial charge in [-0.2, -0.15) is 5.26 Å². The summed E-state index contributed by atoms with van der Waals surface area (Å²) >= 11 is 0. The summed E-state index contributed by atoms with van der Waals surface area (Å²) in [6.45, 7) is 5.69. The first kappa shape index (κ1) is 19.6. The molecule has 2 aromatic carbocycles. The molecule has 1 aliphatic carbocycles. The number of rotatable bonds is 3. The third-order valence-electron chi connectivity index (χ3n) is 6.78. The number of nitrogens with zero attached hydrogens (tertiary/aromatic N) is 4. The highest BCUT2D eigenvalue weighted by molar-refractivity contribution is 5.90. The van der Waals surface area contributed by atoms with Crippen LogP contribution in [0.4, 0.5) is 10.5 Å². The summed E-state index contributed by atoms with van der Waals surface area (Å²) in [7, 11) is 0. The van der Waals surface area contributed by atoms with E-state index < -0.39 is 5.60 Å². The van der Waals surface area contributed by atoms with Gasteiger partial charge in [0.05, 0.1) is 35.5 Å². The molecule has 1 aromatic heterocycles. The Balaban J connectivity index is 1.39. The van der Waals surface area contributed by atoms with E-state index in [9.17, 15) is 10.1 Å². The minimum Gasteiger partial charge on any atom is -0.441 e. The topological polar surface area (TPSA) is 71.2 Å². The lowest BCUT2D eigenvalue weighted by Gasteiger charge is -2.43. The first-order chi connectivity index (χ1) is 14.9. The Labute approximate surface area is 182 Å². The summed E-state index contributed by atoms with van der Waals surface area (Å²) in [6, 6.07) is 15.8. The molecule has 3 aromatic rings. The Morgan fingerprint density at radius 1 is 1.19 bits per heavy atom. The fourth-order valence-corrected chi connectivity index (χ4v) is 5.36. The standard InChI is InChI=1S/C25H26N4O2/c1-18-4-7-20(8-5-18)29-16-25(31-23(29)30)11-3-10-24(2,14-25)15-28-17-27-21-9-6-19(13-26)12-22(21)28/h4-9,12,17H,3,10-11,14-16H2,1-2H3. The summed E-state index contributed by atoms with van der Waals surface area (Å²) in [5, 5.41) is 9.26. The number of ether oxygens (including phenoxy) is 1. The van der Waals surface area contributed by atoms with Crippen LogP contribution < -0.4 is 4.90 Å². The van der Waals surface area contributed by atoms with Crippen LogP contribution in [0.25, 0.3) is 11.0 Å². The molecule has 31 heavy (non-hydrogen) atoms. The number of nitriles is 1. The number of aromatic nitrogens is 2. The maximum atomic E-state index is 12.8. The molecule has 0 radical (unpaired) electrons. The van der Waals surface area contributed by atoms with Gasteiger partial charge in [-0.15, -0.1) is 0 Å². The quantitative estimate of drug-likeness (QED) is 0.591. The van der Waals surface area contributed by atoms with E-state index in [-0.39, 0.29) is 11.5 Å². The number of fused-ring (bicyclic) bond motifs is 1. The largest absolute Gasteiger partial charge is 0.441 e. The zero-order valence-corrected chi connectivity index (χ0v) is 18.0. The van der Waals surface area contributed by atoms with Crippen LogP contribution in [0.15, 0.2) is 48.8 Å². The lowest BCUT2D eigenvalue weighted by Crippen LogP contribution is -2.45. The summed E-state index contributed by atoms with van der Waals surface area (Å²) < 4.78 is 8.19. The van der Waals surface area contributed by atoms with E-state index in [0.717, 1.165) is 48.9 Å². The minimum absolute atomic E-state index is 0.0297. The maximum Gasteiger partial charge on any atom is 0.415 e. The monoisotopic (exact) mass is 414 g/mol. The highest BCUT2D eigenvalue weighted by Crippen LogP contribution is 2.48. The van der Waals surface area contributed by atoms with Crippen LogP contribution in [0.5, 0.6) is 0 Å². The predicted octanol–water partition coefficient (Wildman–Crippen LogP) is 5.19. The van der Waals surface area contributed by atoms with Crippen molar-refractivity contribution in [3.05, 3.63) is 59.9 Å². The highest BCUT2D eigenvalue weighted by atomic mass is 16.6. The average Bonchev–Trinajstić information content (AvgIpc) is 3.28. The fourth-order valence-electron chi connectivity index (χ4n) is 5.36. The third kappa shape index (κ3) is 3.54. The molecule has 1 amide bonds. The Morgan fingerprint density at radius 2 is 2.00 bits per heavy atom. The van der Waals surface area contributed by atoms with E-state index in [0.29, 0.717) is 12.1 Å². The summed E-state index contributed by atoms with van der Waals surface area (Å²) in [6.07, 6.45) is 5.39. The van der Waals surface area contributed by atoms with Gasteiger partial charge in [-0.05, 0) is 68.4 Å². The van der Waals surface area contributed by atoms with Crippen molar-refractivity contribution in [2.75, 3.05) is 11.4 Å². The van der Waals surface area contributed by atoms with Crippen molar-refractivity contribution >= 4 is 22.8 Å². The van der Waals surface area contributed by atoms with E-state index in [1.807, 2.05) is 49.6 Å². The van der Waals surface area contributed by atoms with Crippen molar-refractivity contribution < 1.29 is 9.53 Å². The van der Waals surface area contributed by atoms with Crippen LogP contribution in [0.3, 0.4) is 0 Å². The van der Waals surface area contributed by atoms with Crippen molar-refractivity contribution in [2.45, 2.75) is 51.7 Å². The predicted molar refractivity (Wildman–Crippen MR) is 119 cm³/mol. The first-order valence-electron chi connectivity index (χ1n) is 10.8. The molecule has 0 N–H and O–H groups in total. The number of imidazole rings is 1. The van der Waals surface area contributed by atoms with Gasteiger partial charge in [0, 0.05) is 12.2 Å². The van der Waals surface area contributed by atoms with E-state index >= 15 is 0 Å². The molecule has 2 unspecified atom stereocenters. The van der Waals surface area contributed by atoms with Crippen molar-refractivity contribution in [3.63, 3.8) is 0 Å². The van der Waals surface area contributed by atoms with Gasteiger partial charge >= 0.3 is 6.09 Å². The number of carbonyl (C=O) groups is 1. The molecule has 2 fully saturated rings. The SMILES string of the molecule is Cc1ccc(N2CC3(CCCC(C)(Cn4cnc5ccc(C#N)cc54)C3)OC2=O)cc1. The Bertz CT molecular complexity index is 1190. The number of aryl methyl sites for hydroxylation is 1. The van der Waals surface area contributed by atoms with Gasteiger partial charge in [-0.3, -0.25) is 4.90 Å². The van der Waals surface area contributed by atoms with Crippen LogP contribution >= 0.6 is 0 Å². The molecule has 2 aliphatic rings. The van der Waals surface area contributed by atoms with Crippen molar-refractivity contribution in [1.29, 1.82) is 5.26 Å². The molecule has 1 saturated heterocycles. The van der Waals surface area contributed by atoms with Crippen LogP contribution in [0.1, 0.15) is 43.7 Å². The molecule has 2 heterocycles. The number of benzene rings is 2. The molecule has 6 nitrogen and oxygen atoms in total. The Hall–Kier alpha value is -3.33. The maximum absolute atomic E-state index is 12.8. The lowest BCUT2D eigenvalue weighted by atomic mass is 9.68. The number of hydrogen-bond acceptors (Lipinski definition) is 4. The molecule has 6 heteroatoms. The van der Waals surface area contributed by atoms with E-state index in [1.54, 1.807) is 11.0 Å². The van der Waals surface area contributed by atoms with Crippen molar-refractivity contribution in [1.82, 2.24) is 9.55 Å². The molecule has 0 bridgehead atoms. The van der Waals surface area contributed by atoms with Gasteiger partial charge < -0.3 is 9.30 Å². The van der Waals surface area contributed by atoms with Crippen LogP contribution in [-0.2, 0) is 11.3 Å². The number of anilines is 1. The second-order valence-corrected chi connectivity index (χ2v) is 9.50. The lowest BCUT2D eigenvalue weighted by molar-refractivity contribution is -0.0264. The van der Waals surface area contributed by atoms with Gasteiger partial charge in [-0.25, -0.2) is 9.78 Å². The Kier molecular flexibility index (Phi) is 4.51. The fraction of sp³-hybridized carbons (Fsp3) is 0.400. The van der Waals surface area contributed by atoms with E-state index in [1.165, 1.54) is 5.56 Å². The number of carbonyl (C=O) groups excluding carboxylic acids is 1. The molecule has 1 aliphatic heterocycles. The zero-order valence-electron chi connectivity index (χ0n) is 18.0. The second-order valence-electron chi connectivity index (χ2n) is 9.50. The van der Waals surface area contributed by atoms with Gasteiger partial charge in [-0.1, -0.05) is 24.6 Å².